The second-order valence-electron chi connectivity index (χ2n) is 3.90. The van der Waals surface area contributed by atoms with Gasteiger partial charge in [0.15, 0.2) is 0 Å². The molecule has 0 radical (unpaired) electrons. The lowest BCUT2D eigenvalue weighted by atomic mass is 9.91. The van der Waals surface area contributed by atoms with Gasteiger partial charge in [0, 0.05) is 22.9 Å². The summed E-state index contributed by atoms with van der Waals surface area (Å²) in [5, 5.41) is 0. The molecular formula is C12H14BrClO. The van der Waals surface area contributed by atoms with Gasteiger partial charge in [-0.1, -0.05) is 28.1 Å². The summed E-state index contributed by atoms with van der Waals surface area (Å²) in [7, 11) is 0. The van der Waals surface area contributed by atoms with E-state index in [1.807, 2.05) is 0 Å². The normalized spacial score (nSPS) is 26.5. The smallest absolute Gasteiger partial charge is 0.0864 e. The Morgan fingerprint density at radius 1 is 1.33 bits per heavy atom. The van der Waals surface area contributed by atoms with Crippen molar-refractivity contribution in [3.05, 3.63) is 34.3 Å². The molecule has 1 saturated heterocycles. The van der Waals surface area contributed by atoms with Crippen LogP contribution in [0.25, 0.3) is 0 Å². The van der Waals surface area contributed by atoms with E-state index in [9.17, 15) is 0 Å². The molecule has 1 nitrogen and oxygen atoms in total. The molecule has 0 bridgehead atoms. The Labute approximate surface area is 104 Å². The van der Waals surface area contributed by atoms with Gasteiger partial charge in [-0.2, -0.15) is 0 Å². The highest BCUT2D eigenvalue weighted by atomic mass is 79.9. The molecule has 0 aromatic heterocycles. The van der Waals surface area contributed by atoms with E-state index in [0.29, 0.717) is 11.8 Å². The summed E-state index contributed by atoms with van der Waals surface area (Å²) in [6, 6.07) is 8.33. The van der Waals surface area contributed by atoms with Crippen LogP contribution in [0.4, 0.5) is 0 Å². The van der Waals surface area contributed by atoms with Gasteiger partial charge in [-0.05, 0) is 30.5 Å². The lowest BCUT2D eigenvalue weighted by molar-refractivity contribution is -0.0208. The summed E-state index contributed by atoms with van der Waals surface area (Å²) in [6.45, 7) is 0.855. The summed E-state index contributed by atoms with van der Waals surface area (Å²) in [4.78, 5) is 0. The standard InChI is InChI=1S/C12H14BrClO/c13-11-5-3-9(4-6-11)12-10(8-14)2-1-7-15-12/h3-6,10,12H,1-2,7-8H2. The molecule has 1 aliphatic rings. The number of rotatable bonds is 2. The molecule has 0 aliphatic carbocycles. The van der Waals surface area contributed by atoms with Crippen LogP contribution in [0.15, 0.2) is 28.7 Å². The van der Waals surface area contributed by atoms with E-state index in [4.69, 9.17) is 16.3 Å². The average molecular weight is 290 g/mol. The van der Waals surface area contributed by atoms with Gasteiger partial charge in [-0.3, -0.25) is 0 Å². The summed E-state index contributed by atoms with van der Waals surface area (Å²) < 4.78 is 6.91. The summed E-state index contributed by atoms with van der Waals surface area (Å²) >= 11 is 9.40. The minimum atomic E-state index is 0.185. The number of benzene rings is 1. The van der Waals surface area contributed by atoms with Gasteiger partial charge < -0.3 is 4.74 Å². The average Bonchev–Trinajstić information content (AvgIpc) is 2.30. The van der Waals surface area contributed by atoms with E-state index in [0.717, 1.165) is 17.5 Å². The maximum absolute atomic E-state index is 5.97. The molecule has 0 amide bonds. The maximum Gasteiger partial charge on any atom is 0.0864 e. The monoisotopic (exact) mass is 288 g/mol. The van der Waals surface area contributed by atoms with Gasteiger partial charge in [0.2, 0.25) is 0 Å². The molecule has 2 atom stereocenters. The van der Waals surface area contributed by atoms with Gasteiger partial charge in [0.05, 0.1) is 6.10 Å². The van der Waals surface area contributed by atoms with Crippen LogP contribution in [0, 0.1) is 5.92 Å². The highest BCUT2D eigenvalue weighted by Gasteiger charge is 2.26. The fraction of sp³-hybridized carbons (Fsp3) is 0.500. The largest absolute Gasteiger partial charge is 0.373 e. The quantitative estimate of drug-likeness (QED) is 0.743. The van der Waals surface area contributed by atoms with E-state index in [1.54, 1.807) is 0 Å². The number of hydrogen-bond donors (Lipinski definition) is 0. The molecule has 2 rings (SSSR count). The molecule has 15 heavy (non-hydrogen) atoms. The first-order valence-corrected chi connectivity index (χ1v) is 6.57. The highest BCUT2D eigenvalue weighted by molar-refractivity contribution is 9.10. The van der Waals surface area contributed by atoms with Gasteiger partial charge in [0.1, 0.15) is 0 Å². The van der Waals surface area contributed by atoms with Crippen molar-refractivity contribution >= 4 is 27.5 Å². The van der Waals surface area contributed by atoms with Gasteiger partial charge in [-0.15, -0.1) is 11.6 Å². The zero-order valence-electron chi connectivity index (χ0n) is 8.46. The maximum atomic E-state index is 5.97. The molecule has 1 aromatic carbocycles. The topological polar surface area (TPSA) is 9.23 Å². The lowest BCUT2D eigenvalue weighted by Gasteiger charge is -2.30. The first-order chi connectivity index (χ1) is 7.31. The molecular weight excluding hydrogens is 275 g/mol. The van der Waals surface area contributed by atoms with Crippen molar-refractivity contribution in [2.75, 3.05) is 12.5 Å². The first-order valence-electron chi connectivity index (χ1n) is 5.24. The second-order valence-corrected chi connectivity index (χ2v) is 5.12. The molecule has 0 saturated carbocycles. The van der Waals surface area contributed by atoms with Crippen molar-refractivity contribution in [3.8, 4) is 0 Å². The van der Waals surface area contributed by atoms with Gasteiger partial charge in [-0.25, -0.2) is 0 Å². The molecule has 1 aliphatic heterocycles. The second kappa shape index (κ2) is 5.33. The summed E-state index contributed by atoms with van der Waals surface area (Å²) in [5.41, 5.74) is 1.24. The molecule has 3 heteroatoms. The predicted molar refractivity (Wildman–Crippen MR) is 66.3 cm³/mol. The van der Waals surface area contributed by atoms with Gasteiger partial charge >= 0.3 is 0 Å². The van der Waals surface area contributed by atoms with Crippen molar-refractivity contribution in [2.45, 2.75) is 18.9 Å². The Bertz CT molecular complexity index is 312. The fourth-order valence-corrected chi connectivity index (χ4v) is 2.60. The predicted octanol–water partition coefficient (Wildman–Crippen LogP) is 4.16. The minimum Gasteiger partial charge on any atom is -0.373 e. The van der Waals surface area contributed by atoms with E-state index in [-0.39, 0.29) is 6.10 Å². The Morgan fingerprint density at radius 3 is 2.73 bits per heavy atom. The molecule has 0 N–H and O–H groups in total. The number of hydrogen-bond acceptors (Lipinski definition) is 1. The lowest BCUT2D eigenvalue weighted by Crippen LogP contribution is -2.23. The third kappa shape index (κ3) is 2.74. The third-order valence-electron chi connectivity index (χ3n) is 2.84. The number of halogens is 2. The minimum absolute atomic E-state index is 0.185. The van der Waals surface area contributed by atoms with Crippen molar-refractivity contribution < 1.29 is 4.74 Å². The molecule has 82 valence electrons. The first kappa shape index (κ1) is 11.4. The number of ether oxygens (including phenoxy) is 1. The zero-order valence-corrected chi connectivity index (χ0v) is 10.8. The fourth-order valence-electron chi connectivity index (χ4n) is 2.02. The van der Waals surface area contributed by atoms with Crippen LogP contribution < -0.4 is 0 Å². The molecule has 0 spiro atoms. The summed E-state index contributed by atoms with van der Waals surface area (Å²) in [6.07, 6.45) is 2.48. The van der Waals surface area contributed by atoms with Crippen LogP contribution in [-0.2, 0) is 4.74 Å². The van der Waals surface area contributed by atoms with E-state index < -0.39 is 0 Å². The Balaban J connectivity index is 2.16. The molecule has 1 fully saturated rings. The van der Waals surface area contributed by atoms with Crippen LogP contribution in [0.2, 0.25) is 0 Å². The van der Waals surface area contributed by atoms with Crippen LogP contribution in [-0.4, -0.2) is 12.5 Å². The van der Waals surface area contributed by atoms with Crippen LogP contribution in [0.3, 0.4) is 0 Å². The molecule has 2 unspecified atom stereocenters. The Morgan fingerprint density at radius 2 is 2.07 bits per heavy atom. The van der Waals surface area contributed by atoms with Crippen LogP contribution >= 0.6 is 27.5 Å². The van der Waals surface area contributed by atoms with Crippen molar-refractivity contribution in [1.82, 2.24) is 0 Å². The highest BCUT2D eigenvalue weighted by Crippen LogP contribution is 2.34. The zero-order chi connectivity index (χ0) is 10.7. The molecule has 1 heterocycles. The van der Waals surface area contributed by atoms with E-state index >= 15 is 0 Å². The van der Waals surface area contributed by atoms with Crippen LogP contribution in [0.1, 0.15) is 24.5 Å². The SMILES string of the molecule is ClCC1CCCOC1c1ccc(Br)cc1. The van der Waals surface area contributed by atoms with E-state index in [1.165, 1.54) is 12.0 Å². The Kier molecular flexibility index (Phi) is 4.06. The number of alkyl halides is 1. The third-order valence-corrected chi connectivity index (χ3v) is 3.77. The van der Waals surface area contributed by atoms with Crippen molar-refractivity contribution in [2.24, 2.45) is 5.92 Å². The van der Waals surface area contributed by atoms with E-state index in [2.05, 4.69) is 40.2 Å². The molecule has 1 aromatic rings. The van der Waals surface area contributed by atoms with Crippen molar-refractivity contribution in [3.63, 3.8) is 0 Å². The van der Waals surface area contributed by atoms with Crippen molar-refractivity contribution in [1.29, 1.82) is 0 Å². The Hall–Kier alpha value is -0.0500. The van der Waals surface area contributed by atoms with Gasteiger partial charge in [0.25, 0.3) is 0 Å². The van der Waals surface area contributed by atoms with Crippen LogP contribution in [0.5, 0.6) is 0 Å². The summed E-state index contributed by atoms with van der Waals surface area (Å²) in [5.74, 6) is 1.14.